The number of aliphatic hydroxyl groups excluding tert-OH is 1. The van der Waals surface area contributed by atoms with Gasteiger partial charge in [0.15, 0.2) is 6.29 Å². The molecule has 0 heterocycles. The molecule has 55 heavy (non-hydrogen) atoms. The summed E-state index contributed by atoms with van der Waals surface area (Å²) in [6, 6.07) is 0. The Morgan fingerprint density at radius 2 is 0.982 bits per heavy atom. The normalized spacial score (nSPS) is 12.8. The summed E-state index contributed by atoms with van der Waals surface area (Å²) in [6.45, 7) is 10.8. The summed E-state index contributed by atoms with van der Waals surface area (Å²) in [6.07, 6.45) is 31.4. The zero-order valence-corrected chi connectivity index (χ0v) is 35.9. The smallest absolute Gasteiger partial charge is 0.308 e. The second kappa shape index (κ2) is 41.4. The Hall–Kier alpha value is -2.23. The minimum absolute atomic E-state index is 0.0315. The van der Waals surface area contributed by atoms with Crippen molar-refractivity contribution < 1.29 is 43.2 Å². The molecule has 0 aromatic rings. The Kier molecular flexibility index (Phi) is 39.7. The highest BCUT2D eigenvalue weighted by Gasteiger charge is 2.19. The van der Waals surface area contributed by atoms with E-state index in [1.165, 1.54) is 19.3 Å². The van der Waals surface area contributed by atoms with Gasteiger partial charge >= 0.3 is 17.9 Å². The fourth-order valence-corrected chi connectivity index (χ4v) is 6.14. The molecule has 0 aromatic heterocycles. The van der Waals surface area contributed by atoms with E-state index in [2.05, 4.69) is 52.0 Å². The van der Waals surface area contributed by atoms with Crippen molar-refractivity contribution in [2.24, 2.45) is 5.92 Å². The van der Waals surface area contributed by atoms with Crippen molar-refractivity contribution in [2.75, 3.05) is 33.0 Å². The molecular weight excluding hydrogens is 696 g/mol. The van der Waals surface area contributed by atoms with Crippen LogP contribution in [0.5, 0.6) is 0 Å². The summed E-state index contributed by atoms with van der Waals surface area (Å²) in [7, 11) is 0. The molecular formula is C46H84O9. The lowest BCUT2D eigenvalue weighted by Crippen LogP contribution is -2.21. The summed E-state index contributed by atoms with van der Waals surface area (Å²) >= 11 is 0. The van der Waals surface area contributed by atoms with Crippen LogP contribution in [0.3, 0.4) is 0 Å². The predicted octanol–water partition coefficient (Wildman–Crippen LogP) is 11.7. The Labute approximate surface area is 337 Å². The van der Waals surface area contributed by atoms with E-state index in [1.54, 1.807) is 0 Å². The first-order chi connectivity index (χ1) is 26.9. The average molecular weight is 781 g/mol. The molecule has 0 saturated carbocycles. The third-order valence-electron chi connectivity index (χ3n) is 9.58. The van der Waals surface area contributed by atoms with E-state index in [0.29, 0.717) is 58.3 Å². The summed E-state index contributed by atoms with van der Waals surface area (Å²) in [5.41, 5.74) is 0. The molecule has 0 aliphatic carbocycles. The number of carbonyl (C=O) groups is 3. The molecule has 0 amide bonds. The summed E-state index contributed by atoms with van der Waals surface area (Å²) in [4.78, 5) is 37.1. The van der Waals surface area contributed by atoms with Crippen molar-refractivity contribution in [3.05, 3.63) is 24.3 Å². The number of hydrogen-bond donors (Lipinski definition) is 1. The van der Waals surface area contributed by atoms with Gasteiger partial charge in [0.1, 0.15) is 0 Å². The molecule has 0 saturated heterocycles. The van der Waals surface area contributed by atoms with Crippen molar-refractivity contribution >= 4 is 17.9 Å². The predicted molar refractivity (Wildman–Crippen MR) is 224 cm³/mol. The maximum absolute atomic E-state index is 12.6. The van der Waals surface area contributed by atoms with Gasteiger partial charge in [0.25, 0.3) is 0 Å². The largest absolute Gasteiger partial charge is 0.466 e. The number of ether oxygens (including phenoxy) is 5. The van der Waals surface area contributed by atoms with Gasteiger partial charge in [-0.1, -0.05) is 103 Å². The monoisotopic (exact) mass is 781 g/mol. The molecule has 0 aromatic carbocycles. The third-order valence-corrected chi connectivity index (χ3v) is 9.58. The van der Waals surface area contributed by atoms with Crippen molar-refractivity contribution in [2.45, 2.75) is 213 Å². The van der Waals surface area contributed by atoms with Gasteiger partial charge in [-0.25, -0.2) is 0 Å². The highest BCUT2D eigenvalue weighted by Crippen LogP contribution is 2.19. The van der Waals surface area contributed by atoms with Crippen molar-refractivity contribution in [3.8, 4) is 0 Å². The van der Waals surface area contributed by atoms with Gasteiger partial charge in [0.05, 0.1) is 38.3 Å². The van der Waals surface area contributed by atoms with Crippen LogP contribution in [0.1, 0.15) is 201 Å². The molecule has 322 valence electrons. The van der Waals surface area contributed by atoms with Crippen LogP contribution in [0, 0.1) is 5.92 Å². The highest BCUT2D eigenvalue weighted by atomic mass is 16.7. The standard InChI is InChI=1S/C46H84O9/c1-5-9-13-16-19-24-36-53-45(54-37-25-20-17-14-10-6-2)35-34-44(49)52-40-28-32-42(47)31-27-39-51-43(48)33-23-18-21-26-38-55-46(50)41(29-12-8-4)30-22-15-11-7-3/h9-10,13-14,41-42,45,47H,5-8,11-12,15-40H2,1-4H3/b13-9-,14-10-. The molecule has 0 fully saturated rings. The van der Waals surface area contributed by atoms with Crippen molar-refractivity contribution in [1.29, 1.82) is 0 Å². The van der Waals surface area contributed by atoms with Gasteiger partial charge in [-0.15, -0.1) is 0 Å². The maximum atomic E-state index is 12.6. The third kappa shape index (κ3) is 37.1. The lowest BCUT2D eigenvalue weighted by Gasteiger charge is -2.18. The van der Waals surface area contributed by atoms with Gasteiger partial charge in [-0.3, -0.25) is 14.4 Å². The Balaban J connectivity index is 4.02. The fraction of sp³-hybridized carbons (Fsp3) is 0.848. The van der Waals surface area contributed by atoms with Crippen LogP contribution in [0.15, 0.2) is 24.3 Å². The number of allylic oxidation sites excluding steroid dienone is 4. The molecule has 0 spiro atoms. The Morgan fingerprint density at radius 3 is 1.56 bits per heavy atom. The van der Waals surface area contributed by atoms with Gasteiger partial charge in [-0.2, -0.15) is 0 Å². The Bertz CT molecular complexity index is 910. The number of hydrogen-bond acceptors (Lipinski definition) is 9. The summed E-state index contributed by atoms with van der Waals surface area (Å²) in [5.74, 6) is -0.504. The van der Waals surface area contributed by atoms with Crippen LogP contribution in [0.2, 0.25) is 0 Å². The maximum Gasteiger partial charge on any atom is 0.308 e. The van der Waals surface area contributed by atoms with Gasteiger partial charge in [0.2, 0.25) is 0 Å². The molecule has 9 nitrogen and oxygen atoms in total. The quantitative estimate of drug-likeness (QED) is 0.0213. The van der Waals surface area contributed by atoms with Gasteiger partial charge in [0, 0.05) is 26.1 Å². The van der Waals surface area contributed by atoms with Crippen LogP contribution in [-0.4, -0.2) is 68.4 Å². The van der Waals surface area contributed by atoms with Crippen LogP contribution >= 0.6 is 0 Å². The zero-order chi connectivity index (χ0) is 40.5. The minimum Gasteiger partial charge on any atom is -0.466 e. The van der Waals surface area contributed by atoms with E-state index >= 15 is 0 Å². The molecule has 0 rings (SSSR count). The van der Waals surface area contributed by atoms with E-state index in [4.69, 9.17) is 23.7 Å². The molecule has 2 atom stereocenters. The number of unbranched alkanes of at least 4 members (excludes halogenated alkanes) is 11. The van der Waals surface area contributed by atoms with E-state index in [1.807, 2.05) is 0 Å². The first kappa shape index (κ1) is 52.8. The first-order valence-electron chi connectivity index (χ1n) is 22.6. The number of esters is 3. The van der Waals surface area contributed by atoms with E-state index in [0.717, 1.165) is 109 Å². The van der Waals surface area contributed by atoms with Crippen LogP contribution < -0.4 is 0 Å². The lowest BCUT2D eigenvalue weighted by atomic mass is 9.95. The number of aliphatic hydroxyl groups is 1. The van der Waals surface area contributed by atoms with Crippen molar-refractivity contribution in [1.82, 2.24) is 0 Å². The fourth-order valence-electron chi connectivity index (χ4n) is 6.14. The molecule has 0 radical (unpaired) electrons. The van der Waals surface area contributed by atoms with Crippen LogP contribution in [0.25, 0.3) is 0 Å². The topological polar surface area (TPSA) is 118 Å². The molecule has 0 aliphatic heterocycles. The molecule has 1 N–H and O–H groups in total. The van der Waals surface area contributed by atoms with Crippen LogP contribution in [0.4, 0.5) is 0 Å². The second-order valence-electron chi connectivity index (χ2n) is 14.9. The lowest BCUT2D eigenvalue weighted by molar-refractivity contribution is -0.159. The zero-order valence-electron chi connectivity index (χ0n) is 35.9. The first-order valence-corrected chi connectivity index (χ1v) is 22.6. The number of rotatable bonds is 41. The van der Waals surface area contributed by atoms with Gasteiger partial charge < -0.3 is 28.8 Å². The summed E-state index contributed by atoms with van der Waals surface area (Å²) in [5, 5.41) is 10.3. The van der Waals surface area contributed by atoms with E-state index in [9.17, 15) is 19.5 Å². The number of carbonyl (C=O) groups excluding carboxylic acids is 3. The van der Waals surface area contributed by atoms with Crippen molar-refractivity contribution in [3.63, 3.8) is 0 Å². The molecule has 0 bridgehead atoms. The summed E-state index contributed by atoms with van der Waals surface area (Å²) < 4.78 is 28.3. The second-order valence-corrected chi connectivity index (χ2v) is 14.9. The molecule has 2 unspecified atom stereocenters. The van der Waals surface area contributed by atoms with Gasteiger partial charge in [-0.05, 0) is 103 Å². The molecule has 0 aliphatic rings. The average Bonchev–Trinajstić information content (AvgIpc) is 3.18. The SMILES string of the molecule is CC/C=C\CCCCOC(CCC(=O)OCCCC(O)CCCOC(=O)CCCCCCOC(=O)C(CCCC)CCCCCC)OCCCC/C=C\CC. The Morgan fingerprint density at radius 1 is 0.473 bits per heavy atom. The van der Waals surface area contributed by atoms with E-state index < -0.39 is 12.4 Å². The van der Waals surface area contributed by atoms with E-state index in [-0.39, 0.29) is 43.5 Å². The van der Waals surface area contributed by atoms with Crippen LogP contribution in [-0.2, 0) is 38.1 Å². The minimum atomic E-state index is -0.532. The molecule has 9 heteroatoms. The highest BCUT2D eigenvalue weighted by molar-refractivity contribution is 5.72.